The lowest BCUT2D eigenvalue weighted by Gasteiger charge is -2.26. The van der Waals surface area contributed by atoms with E-state index < -0.39 is 17.6 Å². The Kier molecular flexibility index (Phi) is 11.1. The van der Waals surface area contributed by atoms with Gasteiger partial charge in [-0.25, -0.2) is 10.4 Å². The van der Waals surface area contributed by atoms with Crippen molar-refractivity contribution < 1.29 is 22.8 Å². The second-order valence-corrected chi connectivity index (χ2v) is 9.68. The minimum atomic E-state index is -4.42. The fourth-order valence-corrected chi connectivity index (χ4v) is 4.69. The highest BCUT2D eigenvalue weighted by atomic mass is 19.4. The predicted octanol–water partition coefficient (Wildman–Crippen LogP) is 5.92. The van der Waals surface area contributed by atoms with Crippen LogP contribution >= 0.6 is 0 Å². The van der Waals surface area contributed by atoms with Crippen LogP contribution in [-0.2, 0) is 6.18 Å². The molecule has 1 fully saturated rings. The molecule has 2 aromatic heterocycles. The molecule has 3 aromatic rings. The van der Waals surface area contributed by atoms with Gasteiger partial charge in [0.25, 0.3) is 11.8 Å². The summed E-state index contributed by atoms with van der Waals surface area (Å²) in [4.78, 5) is 27.9. The van der Waals surface area contributed by atoms with E-state index in [2.05, 4.69) is 5.10 Å². The zero-order valence-corrected chi connectivity index (χ0v) is 23.0. The lowest BCUT2D eigenvalue weighted by Crippen LogP contribution is -2.40. The first-order valence-corrected chi connectivity index (χ1v) is 13.1. The third-order valence-corrected chi connectivity index (χ3v) is 6.49. The number of hydrazine groups is 1. The zero-order valence-electron chi connectivity index (χ0n) is 23.0. The Morgan fingerprint density at radius 2 is 1.69 bits per heavy atom. The summed E-state index contributed by atoms with van der Waals surface area (Å²) in [7, 11) is 0. The van der Waals surface area contributed by atoms with Crippen LogP contribution in [0.15, 0.2) is 48.7 Å². The number of carbonyl (C=O) groups is 2. The van der Waals surface area contributed by atoms with Crippen LogP contribution in [0, 0.1) is 5.92 Å². The first-order valence-electron chi connectivity index (χ1n) is 13.1. The highest BCUT2D eigenvalue weighted by molar-refractivity contribution is 6.02. The molecule has 11 heteroatoms. The number of alkyl halides is 3. The molecule has 1 aromatic carbocycles. The third-order valence-electron chi connectivity index (χ3n) is 6.49. The fraction of sp³-hybridized carbons (Fsp3) is 0.464. The predicted molar refractivity (Wildman–Crippen MR) is 146 cm³/mol. The monoisotopic (exact) mass is 548 g/mol. The molecule has 8 nitrogen and oxygen atoms in total. The first kappa shape index (κ1) is 31.8. The van der Waals surface area contributed by atoms with Crippen molar-refractivity contribution in [3.8, 4) is 0 Å². The third kappa shape index (κ3) is 7.57. The van der Waals surface area contributed by atoms with Crippen molar-refractivity contribution >= 4 is 17.3 Å². The van der Waals surface area contributed by atoms with Crippen LogP contribution in [0.25, 0.3) is 5.52 Å². The van der Waals surface area contributed by atoms with E-state index in [0.717, 1.165) is 30.0 Å². The van der Waals surface area contributed by atoms with Crippen molar-refractivity contribution in [3.05, 3.63) is 71.0 Å². The summed E-state index contributed by atoms with van der Waals surface area (Å²) in [6.45, 7) is 9.51. The molecule has 214 valence electrons. The van der Waals surface area contributed by atoms with Gasteiger partial charge in [0.1, 0.15) is 0 Å². The van der Waals surface area contributed by atoms with Gasteiger partial charge >= 0.3 is 6.18 Å². The number of halogens is 3. The maximum Gasteiger partial charge on any atom is 0.416 e. The molecule has 1 saturated heterocycles. The maximum absolute atomic E-state index is 13.3. The largest absolute Gasteiger partial charge is 0.416 e. The second-order valence-electron chi connectivity index (χ2n) is 9.68. The first-order chi connectivity index (χ1) is 18.0. The zero-order chi connectivity index (χ0) is 28.0. The number of benzene rings is 1. The normalized spacial score (nSPS) is 14.0. The van der Waals surface area contributed by atoms with Gasteiger partial charge in [-0.05, 0) is 61.1 Å². The number of fused-ring (bicyclic) bond motifs is 1. The number of nitrogens with zero attached hydrogens (tertiary/aromatic N) is 4. The summed E-state index contributed by atoms with van der Waals surface area (Å²) in [6, 6.07) is 9.88. The van der Waals surface area contributed by atoms with Crippen molar-refractivity contribution in [1.82, 2.24) is 25.7 Å². The van der Waals surface area contributed by atoms with Gasteiger partial charge in [0, 0.05) is 31.7 Å². The van der Waals surface area contributed by atoms with E-state index in [9.17, 15) is 22.8 Å². The van der Waals surface area contributed by atoms with Gasteiger partial charge < -0.3 is 11.1 Å². The molecule has 39 heavy (non-hydrogen) atoms. The number of carbonyl (C=O) groups excluding carboxylic acids is 2. The summed E-state index contributed by atoms with van der Waals surface area (Å²) in [5.41, 5.74) is 0.991. The van der Waals surface area contributed by atoms with E-state index in [4.69, 9.17) is 5.84 Å². The average molecular weight is 549 g/mol. The quantitative estimate of drug-likeness (QED) is 0.216. The Morgan fingerprint density at radius 1 is 1.08 bits per heavy atom. The van der Waals surface area contributed by atoms with E-state index in [1.54, 1.807) is 29.3 Å². The average Bonchev–Trinajstić information content (AvgIpc) is 3.58. The molecular formula is C28H39F3N6O2. The maximum atomic E-state index is 13.3. The molecule has 1 aliphatic heterocycles. The molecule has 0 bridgehead atoms. The summed E-state index contributed by atoms with van der Waals surface area (Å²) < 4.78 is 40.5. The second kappa shape index (κ2) is 13.6. The number of hydrogen-bond donors (Lipinski definition) is 2. The number of pyridine rings is 1. The van der Waals surface area contributed by atoms with Crippen LogP contribution in [0.2, 0.25) is 0 Å². The van der Waals surface area contributed by atoms with Crippen molar-refractivity contribution in [2.24, 2.45) is 11.8 Å². The van der Waals surface area contributed by atoms with E-state index in [1.165, 1.54) is 16.6 Å². The van der Waals surface area contributed by atoms with Gasteiger partial charge in [-0.15, -0.1) is 0 Å². The van der Waals surface area contributed by atoms with E-state index >= 15 is 0 Å². The van der Waals surface area contributed by atoms with Gasteiger partial charge in [0.2, 0.25) is 0 Å². The van der Waals surface area contributed by atoms with E-state index in [1.807, 2.05) is 27.7 Å². The van der Waals surface area contributed by atoms with Crippen LogP contribution in [0.5, 0.6) is 0 Å². The minimum absolute atomic E-state index is 0. The van der Waals surface area contributed by atoms with Crippen molar-refractivity contribution in [2.45, 2.75) is 59.1 Å². The van der Waals surface area contributed by atoms with E-state index in [0.29, 0.717) is 36.2 Å². The molecule has 1 unspecified atom stereocenters. The molecule has 0 aliphatic carbocycles. The van der Waals surface area contributed by atoms with Gasteiger partial charge in [-0.1, -0.05) is 39.8 Å². The Bertz CT molecular complexity index is 1230. The van der Waals surface area contributed by atoms with Crippen LogP contribution in [0.1, 0.15) is 84.8 Å². The number of amides is 2. The number of hydrogen-bond acceptors (Lipinski definition) is 5. The molecule has 2 amide bonds. The van der Waals surface area contributed by atoms with Crippen LogP contribution < -0.4 is 12.0 Å². The topological polar surface area (TPSA) is 119 Å². The Labute approximate surface area is 227 Å². The summed E-state index contributed by atoms with van der Waals surface area (Å²) in [6.07, 6.45) is -0.195. The van der Waals surface area contributed by atoms with Crippen LogP contribution in [0.4, 0.5) is 13.2 Å². The Morgan fingerprint density at radius 3 is 2.26 bits per heavy atom. The van der Waals surface area contributed by atoms with Crippen molar-refractivity contribution in [3.63, 3.8) is 0 Å². The summed E-state index contributed by atoms with van der Waals surface area (Å²) >= 11 is 0. The molecule has 1 atom stereocenters. The van der Waals surface area contributed by atoms with Gasteiger partial charge in [-0.2, -0.15) is 18.3 Å². The number of likely N-dealkylation sites (tertiary alicyclic amines) is 1. The molecule has 1 aliphatic rings. The Hall–Kier alpha value is -3.44. The van der Waals surface area contributed by atoms with Gasteiger partial charge in [0.15, 0.2) is 5.69 Å². The lowest BCUT2D eigenvalue weighted by molar-refractivity contribution is -0.137. The standard InChI is InChI=1S/C26H30F3N5O2.C2H6.H3N/c1-17(2)14-19(18-7-9-20(10-8-18)26(27,28)29)16-33(30)24(35)21-6-5-13-34-23(21)15-22(31-34)25(36)32-11-3-4-12-32;1-2;/h5-10,13,15,17,19H,3-4,11-12,14,16,30H2,1-2H3;1-2H3;1H3. The minimum Gasteiger partial charge on any atom is -0.344 e. The highest BCUT2D eigenvalue weighted by Crippen LogP contribution is 2.32. The van der Waals surface area contributed by atoms with Crippen LogP contribution in [0.3, 0.4) is 0 Å². The van der Waals surface area contributed by atoms with Gasteiger partial charge in [0.05, 0.1) is 16.6 Å². The molecule has 3 heterocycles. The number of aromatic nitrogens is 2. The van der Waals surface area contributed by atoms with Crippen molar-refractivity contribution in [1.29, 1.82) is 0 Å². The number of rotatable bonds is 7. The van der Waals surface area contributed by atoms with Crippen LogP contribution in [-0.4, -0.2) is 51.0 Å². The lowest BCUT2D eigenvalue weighted by atomic mass is 9.89. The van der Waals surface area contributed by atoms with E-state index in [-0.39, 0.29) is 36.1 Å². The van der Waals surface area contributed by atoms with Gasteiger partial charge in [-0.3, -0.25) is 14.6 Å². The Balaban J connectivity index is 0.00000174. The molecule has 0 radical (unpaired) electrons. The summed E-state index contributed by atoms with van der Waals surface area (Å²) in [5.74, 6) is 5.58. The summed E-state index contributed by atoms with van der Waals surface area (Å²) in [5, 5.41) is 5.45. The molecule has 4 rings (SSSR count). The fourth-order valence-electron chi connectivity index (χ4n) is 4.69. The molecule has 5 N–H and O–H groups in total. The van der Waals surface area contributed by atoms with Crippen molar-refractivity contribution in [2.75, 3.05) is 19.6 Å². The molecular weight excluding hydrogens is 509 g/mol. The molecule has 0 spiro atoms. The highest BCUT2D eigenvalue weighted by Gasteiger charge is 2.31. The molecule has 0 saturated carbocycles. The number of nitrogens with two attached hydrogens (primary N) is 1. The smallest absolute Gasteiger partial charge is 0.344 e. The SMILES string of the molecule is CC.CC(C)CC(CN(N)C(=O)c1cccn2nc(C(=O)N3CCCC3)cc12)c1ccc(C(F)(F)F)cc1.N.